The van der Waals surface area contributed by atoms with E-state index >= 15 is 0 Å². The largest absolute Gasteiger partial charge is 0.374 e. The van der Waals surface area contributed by atoms with Crippen molar-refractivity contribution in [3.63, 3.8) is 0 Å². The Balaban J connectivity index is 1.28. The molecule has 0 atom stereocenters. The highest BCUT2D eigenvalue weighted by Gasteiger charge is 2.25. The van der Waals surface area contributed by atoms with E-state index in [9.17, 15) is 14.4 Å². The van der Waals surface area contributed by atoms with E-state index in [0.717, 1.165) is 38.4 Å². The fourth-order valence-corrected chi connectivity index (χ4v) is 4.20. The summed E-state index contributed by atoms with van der Waals surface area (Å²) < 4.78 is 13.1. The molecule has 2 aliphatic heterocycles. The van der Waals surface area contributed by atoms with Crippen molar-refractivity contribution in [2.75, 3.05) is 57.3 Å². The number of carbonyl (C=O) groups excluding carboxylic acids is 1. The average Bonchev–Trinajstić information content (AvgIpc) is 2.84. The summed E-state index contributed by atoms with van der Waals surface area (Å²) in [5, 5.41) is 9.61. The fraction of sp³-hybridized carbons (Fsp3) is 0.360. The molecule has 2 aromatic carbocycles. The Labute approximate surface area is 188 Å². The van der Waals surface area contributed by atoms with E-state index in [-0.39, 0.29) is 17.3 Å². The molecule has 32 heavy (non-hydrogen) atoms. The van der Waals surface area contributed by atoms with Crippen LogP contribution in [0.15, 0.2) is 66.4 Å². The van der Waals surface area contributed by atoms with Crippen LogP contribution < -0.4 is 4.90 Å². The second kappa shape index (κ2) is 10.3. The van der Waals surface area contributed by atoms with Gasteiger partial charge in [-0.15, -0.1) is 0 Å². The molecule has 0 radical (unpaired) electrons. The van der Waals surface area contributed by atoms with Crippen molar-refractivity contribution in [2.24, 2.45) is 0 Å². The third-order valence-corrected chi connectivity index (χ3v) is 6.08. The first kappa shape index (κ1) is 21.8. The molecule has 7 heteroatoms. The second-order valence-corrected chi connectivity index (χ2v) is 8.21. The van der Waals surface area contributed by atoms with Crippen molar-refractivity contribution >= 4 is 11.6 Å². The van der Waals surface area contributed by atoms with E-state index < -0.39 is 0 Å². The zero-order valence-electron chi connectivity index (χ0n) is 18.2. The molecular weight excluding hydrogens is 405 g/mol. The number of piperazine rings is 2. The molecule has 6 nitrogen and oxygen atoms in total. The Kier molecular flexibility index (Phi) is 7.03. The molecule has 2 fully saturated rings. The van der Waals surface area contributed by atoms with Gasteiger partial charge in [0.15, 0.2) is 0 Å². The lowest BCUT2D eigenvalue weighted by atomic mass is 10.2. The summed E-state index contributed by atoms with van der Waals surface area (Å²) in [6, 6.07) is 18.9. The highest BCUT2D eigenvalue weighted by atomic mass is 19.1. The van der Waals surface area contributed by atoms with Crippen molar-refractivity contribution in [3.05, 3.63) is 77.8 Å². The molecule has 2 aliphatic rings. The van der Waals surface area contributed by atoms with Crippen LogP contribution in [0, 0.1) is 17.1 Å². The first-order chi connectivity index (χ1) is 15.6. The molecule has 0 aromatic heterocycles. The van der Waals surface area contributed by atoms with Gasteiger partial charge in [0.25, 0.3) is 5.91 Å². The molecule has 0 spiro atoms. The number of amides is 1. The van der Waals surface area contributed by atoms with Crippen molar-refractivity contribution in [3.8, 4) is 6.07 Å². The number of carbonyl (C=O) groups is 1. The number of nitriles is 1. The first-order valence-corrected chi connectivity index (χ1v) is 11.0. The third kappa shape index (κ3) is 5.45. The van der Waals surface area contributed by atoms with Crippen LogP contribution in [0.1, 0.15) is 5.56 Å². The van der Waals surface area contributed by atoms with E-state index in [0.29, 0.717) is 26.2 Å². The van der Waals surface area contributed by atoms with Crippen molar-refractivity contribution in [2.45, 2.75) is 6.54 Å². The number of rotatable bonds is 5. The van der Waals surface area contributed by atoms with Gasteiger partial charge in [0.05, 0.1) is 0 Å². The van der Waals surface area contributed by atoms with Gasteiger partial charge in [0.2, 0.25) is 0 Å². The van der Waals surface area contributed by atoms with Gasteiger partial charge < -0.3 is 14.7 Å². The molecule has 2 aromatic rings. The topological polar surface area (TPSA) is 53.8 Å². The zero-order chi connectivity index (χ0) is 22.3. The Hall–Kier alpha value is -3.37. The first-order valence-electron chi connectivity index (χ1n) is 11.0. The minimum Gasteiger partial charge on any atom is -0.374 e. The summed E-state index contributed by atoms with van der Waals surface area (Å²) in [7, 11) is 0. The Morgan fingerprint density at radius 1 is 0.906 bits per heavy atom. The van der Waals surface area contributed by atoms with Gasteiger partial charge in [-0.05, 0) is 29.8 Å². The maximum Gasteiger partial charge on any atom is 0.266 e. The molecule has 1 amide bonds. The number of halogens is 1. The molecule has 0 bridgehead atoms. The van der Waals surface area contributed by atoms with E-state index in [1.807, 2.05) is 6.07 Å². The predicted molar refractivity (Wildman–Crippen MR) is 122 cm³/mol. The maximum atomic E-state index is 13.1. The summed E-state index contributed by atoms with van der Waals surface area (Å²) in [5.41, 5.74) is 2.43. The predicted octanol–water partition coefficient (Wildman–Crippen LogP) is 2.70. The van der Waals surface area contributed by atoms with Crippen molar-refractivity contribution in [1.29, 1.82) is 5.26 Å². The average molecular weight is 434 g/mol. The highest BCUT2D eigenvalue weighted by molar-refractivity contribution is 5.97. The Bertz CT molecular complexity index is 970. The number of nitrogens with zero attached hydrogens (tertiary/aromatic N) is 5. The van der Waals surface area contributed by atoms with Crippen LogP contribution in [0.3, 0.4) is 0 Å². The minimum atomic E-state index is -0.257. The SMILES string of the molecule is N#C/C(=C/N1CCN(Cc2ccccc2)CC1)C(=O)N1CCN(c2ccc(F)cc2)CC1. The summed E-state index contributed by atoms with van der Waals surface area (Å²) in [4.78, 5) is 21.3. The van der Waals surface area contributed by atoms with Crippen LogP contribution in [0.2, 0.25) is 0 Å². The number of hydrogen-bond acceptors (Lipinski definition) is 5. The molecule has 0 aliphatic carbocycles. The van der Waals surface area contributed by atoms with Crippen LogP contribution in [0.5, 0.6) is 0 Å². The van der Waals surface area contributed by atoms with Crippen LogP contribution in [-0.2, 0) is 11.3 Å². The standard InChI is InChI=1S/C25H28FN5O/c26-23-6-8-24(9-7-23)30-14-16-31(17-15-30)25(32)22(18-27)20-29-12-10-28(11-13-29)19-21-4-2-1-3-5-21/h1-9,20H,10-17,19H2/b22-20-. The minimum absolute atomic E-state index is 0.191. The van der Waals surface area contributed by atoms with E-state index in [2.05, 4.69) is 45.0 Å². The van der Waals surface area contributed by atoms with E-state index in [4.69, 9.17) is 0 Å². The van der Waals surface area contributed by atoms with Crippen LogP contribution in [0.4, 0.5) is 10.1 Å². The van der Waals surface area contributed by atoms with Gasteiger partial charge in [-0.1, -0.05) is 30.3 Å². The molecule has 4 rings (SSSR count). The summed E-state index contributed by atoms with van der Waals surface area (Å²) in [6.07, 6.45) is 1.73. The lowest BCUT2D eigenvalue weighted by Crippen LogP contribution is -2.49. The quantitative estimate of drug-likeness (QED) is 0.536. The van der Waals surface area contributed by atoms with Gasteiger partial charge in [0, 0.05) is 70.8 Å². The smallest absolute Gasteiger partial charge is 0.266 e. The molecule has 0 saturated carbocycles. The van der Waals surface area contributed by atoms with Gasteiger partial charge >= 0.3 is 0 Å². The van der Waals surface area contributed by atoms with Gasteiger partial charge in [0.1, 0.15) is 17.5 Å². The van der Waals surface area contributed by atoms with E-state index in [1.54, 1.807) is 23.2 Å². The fourth-order valence-electron chi connectivity index (χ4n) is 4.20. The van der Waals surface area contributed by atoms with Crippen molar-refractivity contribution < 1.29 is 9.18 Å². The molecular formula is C25H28FN5O. The molecule has 2 saturated heterocycles. The zero-order valence-corrected chi connectivity index (χ0v) is 18.2. The summed E-state index contributed by atoms with van der Waals surface area (Å²) >= 11 is 0. The maximum absolute atomic E-state index is 13.1. The van der Waals surface area contributed by atoms with Gasteiger partial charge in [-0.2, -0.15) is 5.26 Å². The number of hydrogen-bond donors (Lipinski definition) is 0. The van der Waals surface area contributed by atoms with Gasteiger partial charge in [-0.25, -0.2) is 4.39 Å². The highest BCUT2D eigenvalue weighted by Crippen LogP contribution is 2.18. The normalized spacial score (nSPS) is 17.9. The molecule has 0 unspecified atom stereocenters. The molecule has 2 heterocycles. The molecule has 166 valence electrons. The Morgan fingerprint density at radius 2 is 1.56 bits per heavy atom. The van der Waals surface area contributed by atoms with Crippen LogP contribution in [0.25, 0.3) is 0 Å². The third-order valence-electron chi connectivity index (χ3n) is 6.08. The second-order valence-electron chi connectivity index (χ2n) is 8.21. The van der Waals surface area contributed by atoms with Gasteiger partial charge in [-0.3, -0.25) is 9.69 Å². The van der Waals surface area contributed by atoms with Crippen LogP contribution >= 0.6 is 0 Å². The monoisotopic (exact) mass is 433 g/mol. The lowest BCUT2D eigenvalue weighted by Gasteiger charge is -2.36. The molecule has 0 N–H and O–H groups in total. The Morgan fingerprint density at radius 3 is 2.19 bits per heavy atom. The summed E-state index contributed by atoms with van der Waals surface area (Å²) in [5.74, 6) is -0.467. The van der Waals surface area contributed by atoms with E-state index in [1.165, 1.54) is 17.7 Å². The van der Waals surface area contributed by atoms with Crippen molar-refractivity contribution in [1.82, 2.24) is 14.7 Å². The number of benzene rings is 2. The lowest BCUT2D eigenvalue weighted by molar-refractivity contribution is -0.127. The number of anilines is 1. The van der Waals surface area contributed by atoms with Crippen LogP contribution in [-0.4, -0.2) is 73.0 Å². The summed E-state index contributed by atoms with van der Waals surface area (Å²) in [6.45, 7) is 6.71.